The third-order valence-corrected chi connectivity index (χ3v) is 6.18. The number of aromatic nitrogens is 3. The maximum atomic E-state index is 13.3. The quantitative estimate of drug-likeness (QED) is 0.309. The van der Waals surface area contributed by atoms with Crippen LogP contribution in [0.5, 0.6) is 5.75 Å². The van der Waals surface area contributed by atoms with Crippen molar-refractivity contribution < 1.29 is 14.1 Å². The minimum Gasteiger partial charge on any atom is -0.497 e. The molecule has 0 saturated carbocycles. The van der Waals surface area contributed by atoms with E-state index in [1.165, 1.54) is 11.8 Å². The first-order valence-electron chi connectivity index (χ1n) is 10.8. The summed E-state index contributed by atoms with van der Waals surface area (Å²) in [7, 11) is 1.61. The zero-order valence-corrected chi connectivity index (χ0v) is 20.3. The highest BCUT2D eigenvalue weighted by atomic mass is 32.2. The Hall–Kier alpha value is -3.59. The molecule has 4 aromatic rings. The van der Waals surface area contributed by atoms with Crippen molar-refractivity contribution >= 4 is 34.5 Å². The van der Waals surface area contributed by atoms with Crippen LogP contribution >= 0.6 is 11.8 Å². The summed E-state index contributed by atoms with van der Waals surface area (Å²) in [6, 6.07) is 16.4. The highest BCUT2D eigenvalue weighted by Crippen LogP contribution is 2.24. The van der Waals surface area contributed by atoms with Crippen LogP contribution in [0.1, 0.15) is 32.0 Å². The molecule has 0 unspecified atom stereocenters. The van der Waals surface area contributed by atoms with Gasteiger partial charge >= 0.3 is 0 Å². The number of nitrogens with zero attached hydrogens (tertiary/aromatic N) is 3. The molecule has 1 N–H and O–H groups in total. The lowest BCUT2D eigenvalue weighted by atomic mass is 9.92. The highest BCUT2D eigenvalue weighted by Gasteiger charge is 2.20. The van der Waals surface area contributed by atoms with Crippen molar-refractivity contribution in [3.63, 3.8) is 0 Å². The lowest BCUT2D eigenvalue weighted by molar-refractivity contribution is -0.113. The average molecular weight is 479 g/mol. The van der Waals surface area contributed by atoms with E-state index in [1.807, 2.05) is 57.2 Å². The molecule has 0 radical (unpaired) electrons. The van der Waals surface area contributed by atoms with E-state index in [9.17, 15) is 9.59 Å². The maximum absolute atomic E-state index is 13.3. The molecule has 0 bridgehead atoms. The van der Waals surface area contributed by atoms with Crippen LogP contribution in [0, 0.1) is 0 Å². The molecule has 0 spiro atoms. The van der Waals surface area contributed by atoms with E-state index in [0.29, 0.717) is 22.6 Å². The summed E-state index contributed by atoms with van der Waals surface area (Å²) in [6.45, 7) is 6.36. The van der Waals surface area contributed by atoms with Crippen molar-refractivity contribution in [3.8, 4) is 5.75 Å². The fourth-order valence-electron chi connectivity index (χ4n) is 3.30. The number of carbonyl (C=O) groups excluding carboxylic acids is 1. The van der Waals surface area contributed by atoms with Crippen molar-refractivity contribution in [3.05, 3.63) is 76.2 Å². The molecule has 2 heterocycles. The molecule has 0 atom stereocenters. The maximum Gasteiger partial charge on any atom is 0.262 e. The lowest BCUT2D eigenvalue weighted by Gasteiger charge is -2.13. The number of ether oxygens (including phenoxy) is 1. The number of nitrogens with one attached hydrogen (secondary N) is 1. The van der Waals surface area contributed by atoms with Crippen molar-refractivity contribution in [2.45, 2.75) is 37.9 Å². The summed E-state index contributed by atoms with van der Waals surface area (Å²) in [5, 5.41) is 7.72. The molecule has 8 nitrogen and oxygen atoms in total. The number of para-hydroxylation sites is 1. The van der Waals surface area contributed by atoms with Crippen LogP contribution < -0.4 is 15.6 Å². The van der Waals surface area contributed by atoms with Crippen LogP contribution in [0.2, 0.25) is 0 Å². The van der Waals surface area contributed by atoms with E-state index in [2.05, 4.69) is 15.5 Å². The highest BCUT2D eigenvalue weighted by molar-refractivity contribution is 7.99. The van der Waals surface area contributed by atoms with Gasteiger partial charge in [0.2, 0.25) is 11.8 Å². The van der Waals surface area contributed by atoms with E-state index < -0.39 is 0 Å². The molecule has 9 heteroatoms. The number of amides is 1. The summed E-state index contributed by atoms with van der Waals surface area (Å²) in [5.41, 5.74) is 1.91. The fourth-order valence-corrected chi connectivity index (χ4v) is 4.10. The number of hydrogen-bond acceptors (Lipinski definition) is 7. The van der Waals surface area contributed by atoms with Gasteiger partial charge in [-0.3, -0.25) is 19.5 Å². The van der Waals surface area contributed by atoms with Gasteiger partial charge in [-0.1, -0.05) is 62.0 Å². The molecular formula is C25H26N4O4S. The predicted octanol–water partition coefficient (Wildman–Crippen LogP) is 4.47. The summed E-state index contributed by atoms with van der Waals surface area (Å²) in [6.07, 6.45) is 0. The Morgan fingerprint density at radius 3 is 2.56 bits per heavy atom. The fraction of sp³-hybridized carbons (Fsp3) is 0.280. The first-order chi connectivity index (χ1) is 16.2. The molecule has 2 aromatic carbocycles. The topological polar surface area (TPSA) is 99.2 Å². The van der Waals surface area contributed by atoms with Crippen LogP contribution in [0.3, 0.4) is 0 Å². The predicted molar refractivity (Wildman–Crippen MR) is 133 cm³/mol. The first-order valence-corrected chi connectivity index (χ1v) is 11.8. The Morgan fingerprint density at radius 2 is 1.88 bits per heavy atom. The number of benzene rings is 2. The number of fused-ring (bicyclic) bond motifs is 1. The summed E-state index contributed by atoms with van der Waals surface area (Å²) in [5.74, 6) is 0.803. The number of methoxy groups -OCH3 is 1. The Kier molecular flexibility index (Phi) is 6.74. The number of anilines is 1. The van der Waals surface area contributed by atoms with Crippen molar-refractivity contribution in [1.82, 2.24) is 14.7 Å². The zero-order valence-electron chi connectivity index (χ0n) is 19.5. The number of carbonyl (C=O) groups is 1. The molecule has 2 aromatic heterocycles. The lowest BCUT2D eigenvalue weighted by Crippen LogP contribution is -2.24. The van der Waals surface area contributed by atoms with E-state index >= 15 is 0 Å². The first kappa shape index (κ1) is 23.6. The third kappa shape index (κ3) is 5.31. The molecule has 1 amide bonds. The molecule has 0 fully saturated rings. The van der Waals surface area contributed by atoms with Gasteiger partial charge in [-0.15, -0.1) is 0 Å². The van der Waals surface area contributed by atoms with Gasteiger partial charge in [0.1, 0.15) is 5.75 Å². The van der Waals surface area contributed by atoms with E-state index in [0.717, 1.165) is 17.0 Å². The van der Waals surface area contributed by atoms with Gasteiger partial charge in [0.05, 0.1) is 36.0 Å². The smallest absolute Gasteiger partial charge is 0.262 e. The second-order valence-corrected chi connectivity index (χ2v) is 9.76. The molecule has 0 saturated heterocycles. The molecule has 0 aliphatic carbocycles. The molecular weight excluding hydrogens is 452 g/mol. The number of thioether (sulfide) groups is 1. The number of rotatable bonds is 7. The second kappa shape index (κ2) is 9.72. The SMILES string of the molecule is COc1ccc(Cn2c(SCC(=O)Nc3cc(C(C)(C)C)no3)nc3ccccc3c2=O)cc1. The standard InChI is InChI=1S/C25H26N4O4S/c1-25(2,3)20-13-22(33-28-20)27-21(30)15-34-24-26-19-8-6-5-7-18(19)23(31)29(24)14-16-9-11-17(32-4)12-10-16/h5-13H,14-15H2,1-4H3,(H,27,30). The van der Waals surface area contributed by atoms with E-state index in [4.69, 9.17) is 9.26 Å². The monoisotopic (exact) mass is 478 g/mol. The van der Waals surface area contributed by atoms with Gasteiger partial charge in [-0.05, 0) is 29.8 Å². The van der Waals surface area contributed by atoms with Gasteiger partial charge in [0, 0.05) is 11.5 Å². The van der Waals surface area contributed by atoms with Crippen molar-refractivity contribution in [2.24, 2.45) is 0 Å². The normalized spacial score (nSPS) is 11.5. The molecule has 176 valence electrons. The zero-order chi connectivity index (χ0) is 24.3. The van der Waals surface area contributed by atoms with E-state index in [-0.39, 0.29) is 28.5 Å². The van der Waals surface area contributed by atoms with Gasteiger partial charge in [0.25, 0.3) is 5.56 Å². The Balaban J connectivity index is 1.56. The van der Waals surface area contributed by atoms with Crippen molar-refractivity contribution in [2.75, 3.05) is 18.2 Å². The van der Waals surface area contributed by atoms with Gasteiger partial charge < -0.3 is 9.26 Å². The van der Waals surface area contributed by atoms with Crippen LogP contribution in [0.15, 0.2) is 69.1 Å². The van der Waals surface area contributed by atoms with Crippen molar-refractivity contribution in [1.29, 1.82) is 0 Å². The third-order valence-electron chi connectivity index (χ3n) is 5.20. The molecule has 34 heavy (non-hydrogen) atoms. The molecule has 4 rings (SSSR count). The van der Waals surface area contributed by atoms with Crippen LogP contribution in [-0.4, -0.2) is 33.5 Å². The minimum atomic E-state index is -0.278. The van der Waals surface area contributed by atoms with Crippen LogP contribution in [0.25, 0.3) is 10.9 Å². The Labute approximate surface area is 201 Å². The molecule has 0 aliphatic heterocycles. The van der Waals surface area contributed by atoms with Gasteiger partial charge in [-0.2, -0.15) is 0 Å². The summed E-state index contributed by atoms with van der Waals surface area (Å²) < 4.78 is 12.0. The summed E-state index contributed by atoms with van der Waals surface area (Å²) in [4.78, 5) is 30.5. The average Bonchev–Trinajstić information content (AvgIpc) is 3.29. The van der Waals surface area contributed by atoms with Crippen LogP contribution in [-0.2, 0) is 16.8 Å². The second-order valence-electron chi connectivity index (χ2n) is 8.81. The number of hydrogen-bond donors (Lipinski definition) is 1. The summed E-state index contributed by atoms with van der Waals surface area (Å²) >= 11 is 1.20. The molecule has 0 aliphatic rings. The largest absolute Gasteiger partial charge is 0.497 e. The van der Waals surface area contributed by atoms with E-state index in [1.54, 1.807) is 29.9 Å². The minimum absolute atomic E-state index is 0.0545. The Bertz CT molecular complexity index is 1370. The Morgan fingerprint density at radius 1 is 1.15 bits per heavy atom. The van der Waals surface area contributed by atoms with Gasteiger partial charge in [-0.25, -0.2) is 4.98 Å². The van der Waals surface area contributed by atoms with Crippen LogP contribution in [0.4, 0.5) is 5.88 Å². The van der Waals surface area contributed by atoms with Gasteiger partial charge in [0.15, 0.2) is 5.16 Å².